The van der Waals surface area contributed by atoms with Crippen LogP contribution < -0.4 is 10.6 Å². The van der Waals surface area contributed by atoms with Crippen LogP contribution in [-0.4, -0.2) is 31.1 Å². The molecule has 0 saturated carbocycles. The zero-order valence-electron chi connectivity index (χ0n) is 14.2. The van der Waals surface area contributed by atoms with Gasteiger partial charge in [0.15, 0.2) is 5.96 Å². The van der Waals surface area contributed by atoms with Crippen molar-refractivity contribution < 1.29 is 4.42 Å². The monoisotopic (exact) mass is 459 g/mol. The highest BCUT2D eigenvalue weighted by Gasteiger charge is 2.00. The van der Waals surface area contributed by atoms with Gasteiger partial charge in [0.05, 0.1) is 12.8 Å². The summed E-state index contributed by atoms with van der Waals surface area (Å²) in [6, 6.07) is 12.4. The second-order valence-electron chi connectivity index (χ2n) is 5.33. The fourth-order valence-electron chi connectivity index (χ4n) is 2.07. The minimum absolute atomic E-state index is 0. The summed E-state index contributed by atoms with van der Waals surface area (Å²) in [4.78, 5) is 4.67. The van der Waals surface area contributed by atoms with E-state index in [-0.39, 0.29) is 24.0 Å². The third kappa shape index (κ3) is 8.10. The number of benzene rings is 1. The predicted molar refractivity (Wildman–Crippen MR) is 115 cm³/mol. The number of aliphatic imine (C=N–C) groups is 1. The van der Waals surface area contributed by atoms with Crippen molar-refractivity contribution in [3.63, 3.8) is 0 Å². The number of hydrogen-bond acceptors (Lipinski definition) is 3. The molecule has 0 aliphatic rings. The number of aryl methyl sites for hydroxylation is 1. The van der Waals surface area contributed by atoms with Crippen LogP contribution in [0.15, 0.2) is 52.1 Å². The predicted octanol–water partition coefficient (Wildman–Crippen LogP) is 3.85. The van der Waals surface area contributed by atoms with Crippen molar-refractivity contribution in [2.24, 2.45) is 4.99 Å². The Morgan fingerprint density at radius 3 is 2.54 bits per heavy atom. The van der Waals surface area contributed by atoms with Gasteiger partial charge >= 0.3 is 0 Å². The molecule has 0 amide bonds. The summed E-state index contributed by atoms with van der Waals surface area (Å²) >= 11 is 1.82. The maximum Gasteiger partial charge on any atom is 0.191 e. The normalized spacial score (nSPS) is 11.0. The average molecular weight is 459 g/mol. The second kappa shape index (κ2) is 12.2. The smallest absolute Gasteiger partial charge is 0.191 e. The molecule has 0 radical (unpaired) electrons. The third-order valence-electron chi connectivity index (χ3n) is 3.38. The summed E-state index contributed by atoms with van der Waals surface area (Å²) in [7, 11) is 0. The number of nitrogens with zero attached hydrogens (tertiary/aromatic N) is 1. The summed E-state index contributed by atoms with van der Waals surface area (Å²) < 4.78 is 5.35. The van der Waals surface area contributed by atoms with Crippen LogP contribution in [0.5, 0.6) is 0 Å². The Morgan fingerprint density at radius 2 is 1.88 bits per heavy atom. The first-order valence-corrected chi connectivity index (χ1v) is 9.26. The first kappa shape index (κ1) is 20.9. The molecule has 0 spiro atoms. The van der Waals surface area contributed by atoms with Crippen LogP contribution in [0, 0.1) is 6.92 Å². The van der Waals surface area contributed by atoms with Gasteiger partial charge in [-0.05, 0) is 30.9 Å². The Labute approximate surface area is 165 Å². The molecule has 0 aliphatic carbocycles. The van der Waals surface area contributed by atoms with Gasteiger partial charge in [0.25, 0.3) is 0 Å². The average Bonchev–Trinajstić information content (AvgIpc) is 3.07. The van der Waals surface area contributed by atoms with Gasteiger partial charge < -0.3 is 15.1 Å². The van der Waals surface area contributed by atoms with Crippen LogP contribution in [0.1, 0.15) is 16.9 Å². The van der Waals surface area contributed by atoms with E-state index in [4.69, 9.17) is 4.42 Å². The zero-order chi connectivity index (χ0) is 16.3. The summed E-state index contributed by atoms with van der Waals surface area (Å²) in [5, 5.41) is 6.74. The van der Waals surface area contributed by atoms with E-state index in [2.05, 4.69) is 53.1 Å². The summed E-state index contributed by atoms with van der Waals surface area (Å²) in [6.45, 7) is 4.47. The molecule has 1 heterocycles. The summed E-state index contributed by atoms with van der Waals surface area (Å²) in [5.74, 6) is 2.90. The van der Waals surface area contributed by atoms with Gasteiger partial charge in [0, 0.05) is 25.3 Å². The minimum Gasteiger partial charge on any atom is -0.469 e. The van der Waals surface area contributed by atoms with E-state index in [1.54, 1.807) is 6.26 Å². The second-order valence-corrected chi connectivity index (χ2v) is 6.31. The molecule has 4 nitrogen and oxygen atoms in total. The van der Waals surface area contributed by atoms with Crippen molar-refractivity contribution in [3.05, 3.63) is 59.5 Å². The van der Waals surface area contributed by atoms with Gasteiger partial charge in [-0.2, -0.15) is 11.8 Å². The van der Waals surface area contributed by atoms with Gasteiger partial charge in [-0.25, -0.2) is 4.99 Å². The van der Waals surface area contributed by atoms with Crippen molar-refractivity contribution in [1.29, 1.82) is 0 Å². The largest absolute Gasteiger partial charge is 0.469 e. The molecule has 0 saturated heterocycles. The van der Waals surface area contributed by atoms with Gasteiger partial charge in [-0.3, -0.25) is 0 Å². The quantitative estimate of drug-likeness (QED) is 0.273. The van der Waals surface area contributed by atoms with Crippen LogP contribution in [-0.2, 0) is 13.0 Å². The van der Waals surface area contributed by atoms with Crippen molar-refractivity contribution in [3.8, 4) is 0 Å². The van der Waals surface area contributed by atoms with Crippen LogP contribution in [0.25, 0.3) is 0 Å². The van der Waals surface area contributed by atoms with Crippen molar-refractivity contribution in [2.45, 2.75) is 19.9 Å². The molecule has 6 heteroatoms. The molecular weight excluding hydrogens is 433 g/mol. The number of thioether (sulfide) groups is 1. The molecule has 24 heavy (non-hydrogen) atoms. The standard InChI is InChI=1S/C18H25N3OS.HI/c1-15-5-7-16(8-6-15)14-21-18(20-11-13-23-2)19-10-9-17-4-3-12-22-17;/h3-8,12H,9-11,13-14H2,1-2H3,(H2,19,20,21);1H. The SMILES string of the molecule is CSCCNC(=NCc1ccc(C)cc1)NCCc1ccco1.I. The Morgan fingerprint density at radius 1 is 1.12 bits per heavy atom. The van der Waals surface area contributed by atoms with E-state index >= 15 is 0 Å². The van der Waals surface area contributed by atoms with Gasteiger partial charge in [-0.15, -0.1) is 24.0 Å². The lowest BCUT2D eigenvalue weighted by Gasteiger charge is -2.12. The highest BCUT2D eigenvalue weighted by atomic mass is 127. The number of nitrogens with one attached hydrogen (secondary N) is 2. The fraction of sp³-hybridized carbons (Fsp3) is 0.389. The number of furan rings is 1. The Balaban J connectivity index is 0.00000288. The molecule has 132 valence electrons. The molecule has 0 aliphatic heterocycles. The lowest BCUT2D eigenvalue weighted by molar-refractivity contribution is 0.507. The number of hydrogen-bond donors (Lipinski definition) is 2. The number of rotatable bonds is 8. The maximum atomic E-state index is 5.35. The molecule has 0 atom stereocenters. The van der Waals surface area contributed by atoms with Crippen LogP contribution >= 0.6 is 35.7 Å². The third-order valence-corrected chi connectivity index (χ3v) is 4.00. The molecule has 1 aromatic heterocycles. The highest BCUT2D eigenvalue weighted by Crippen LogP contribution is 2.04. The van der Waals surface area contributed by atoms with Gasteiger partial charge in [0.2, 0.25) is 0 Å². The highest BCUT2D eigenvalue weighted by molar-refractivity contribution is 14.0. The molecule has 0 fully saturated rings. The summed E-state index contributed by atoms with van der Waals surface area (Å²) in [5.41, 5.74) is 2.49. The molecule has 1 aromatic carbocycles. The lowest BCUT2D eigenvalue weighted by Crippen LogP contribution is -2.39. The van der Waals surface area contributed by atoms with Crippen LogP contribution in [0.4, 0.5) is 0 Å². The van der Waals surface area contributed by atoms with Gasteiger partial charge in [0.1, 0.15) is 5.76 Å². The van der Waals surface area contributed by atoms with Crippen molar-refractivity contribution >= 4 is 41.7 Å². The van der Waals surface area contributed by atoms with Crippen LogP contribution in [0.3, 0.4) is 0 Å². The Hall–Kier alpha value is -1.15. The Kier molecular flexibility index (Phi) is 10.7. The fourth-order valence-corrected chi connectivity index (χ4v) is 2.37. The summed E-state index contributed by atoms with van der Waals surface area (Å²) in [6.07, 6.45) is 4.66. The van der Waals surface area contributed by atoms with Gasteiger partial charge in [-0.1, -0.05) is 29.8 Å². The topological polar surface area (TPSA) is 49.6 Å². The molecule has 0 unspecified atom stereocenters. The van der Waals surface area contributed by atoms with E-state index in [0.717, 1.165) is 37.0 Å². The van der Waals surface area contributed by atoms with E-state index in [1.165, 1.54) is 11.1 Å². The van der Waals surface area contributed by atoms with Crippen LogP contribution in [0.2, 0.25) is 0 Å². The molecule has 2 rings (SSSR count). The van der Waals surface area contributed by atoms with E-state index in [9.17, 15) is 0 Å². The zero-order valence-corrected chi connectivity index (χ0v) is 17.4. The van der Waals surface area contributed by atoms with E-state index in [1.807, 2.05) is 23.9 Å². The minimum atomic E-state index is 0. The first-order valence-electron chi connectivity index (χ1n) is 7.87. The number of halogens is 1. The first-order chi connectivity index (χ1) is 11.3. The molecule has 2 aromatic rings. The van der Waals surface area contributed by atoms with E-state index in [0.29, 0.717) is 6.54 Å². The lowest BCUT2D eigenvalue weighted by atomic mass is 10.1. The molecule has 0 bridgehead atoms. The molecule has 2 N–H and O–H groups in total. The maximum absolute atomic E-state index is 5.35. The molecular formula is C18H26IN3OS. The van der Waals surface area contributed by atoms with Crippen molar-refractivity contribution in [2.75, 3.05) is 25.1 Å². The Bertz CT molecular complexity index is 585. The van der Waals surface area contributed by atoms with E-state index < -0.39 is 0 Å². The van der Waals surface area contributed by atoms with Crippen molar-refractivity contribution in [1.82, 2.24) is 10.6 Å². The number of guanidine groups is 1.